The van der Waals surface area contributed by atoms with E-state index >= 15 is 0 Å². The molecule has 0 fully saturated rings. The zero-order chi connectivity index (χ0) is 15.5. The minimum atomic E-state index is -0.641. The number of aliphatic hydroxyl groups excluding tert-OH is 1. The van der Waals surface area contributed by atoms with Crippen LogP contribution in [0.4, 0.5) is 0 Å². The third-order valence-electron chi connectivity index (χ3n) is 2.59. The van der Waals surface area contributed by atoms with Gasteiger partial charge >= 0.3 is 0 Å². The Labute approximate surface area is 125 Å². The van der Waals surface area contributed by atoms with Gasteiger partial charge in [0.2, 0.25) is 0 Å². The molecule has 2 N–H and O–H groups in total. The normalized spacial score (nSPS) is 11.7. The van der Waals surface area contributed by atoms with Crippen molar-refractivity contribution in [2.75, 3.05) is 32.9 Å². The third kappa shape index (κ3) is 7.47. The lowest BCUT2D eigenvalue weighted by atomic mass is 10.2. The number of ether oxygens (including phenoxy) is 2. The lowest BCUT2D eigenvalue weighted by Gasteiger charge is -2.14. The smallest absolute Gasteiger partial charge is 0.137 e. The molecule has 0 saturated carbocycles. The Morgan fingerprint density at radius 3 is 2.95 bits per heavy atom. The molecule has 1 aromatic carbocycles. The van der Waals surface area contributed by atoms with E-state index in [0.717, 1.165) is 5.57 Å². The Morgan fingerprint density at radius 1 is 1.48 bits per heavy atom. The Balaban J connectivity index is 2.15. The summed E-state index contributed by atoms with van der Waals surface area (Å²) in [6, 6.07) is 9.00. The SMILES string of the molecule is C=C(C)COCCNCC(O)COc1ccccc1C#N. The summed E-state index contributed by atoms with van der Waals surface area (Å²) in [7, 11) is 0. The van der Waals surface area contributed by atoms with Crippen molar-refractivity contribution in [2.45, 2.75) is 13.0 Å². The average molecular weight is 290 g/mol. The van der Waals surface area contributed by atoms with Crippen molar-refractivity contribution in [3.05, 3.63) is 42.0 Å². The van der Waals surface area contributed by atoms with Crippen molar-refractivity contribution in [2.24, 2.45) is 0 Å². The number of hydrogen-bond acceptors (Lipinski definition) is 5. The highest BCUT2D eigenvalue weighted by Gasteiger charge is 2.07. The van der Waals surface area contributed by atoms with Gasteiger partial charge in [-0.05, 0) is 19.1 Å². The molecule has 1 aromatic rings. The first kappa shape index (κ1) is 17.2. The summed E-state index contributed by atoms with van der Waals surface area (Å²) in [5.41, 5.74) is 1.45. The monoisotopic (exact) mass is 290 g/mol. The number of benzene rings is 1. The molecule has 0 aliphatic carbocycles. The second-order valence-electron chi connectivity index (χ2n) is 4.79. The molecule has 0 amide bonds. The number of hydrogen-bond donors (Lipinski definition) is 2. The number of nitrogens with one attached hydrogen (secondary N) is 1. The highest BCUT2D eigenvalue weighted by molar-refractivity contribution is 5.42. The first-order chi connectivity index (χ1) is 10.1. The molecule has 0 bridgehead atoms. The van der Waals surface area contributed by atoms with Crippen LogP contribution in [-0.2, 0) is 4.74 Å². The van der Waals surface area contributed by atoms with E-state index in [0.29, 0.717) is 37.6 Å². The highest BCUT2D eigenvalue weighted by atomic mass is 16.5. The fourth-order valence-electron chi connectivity index (χ4n) is 1.59. The fraction of sp³-hybridized carbons (Fsp3) is 0.438. The Kier molecular flexibility index (Phi) is 8.14. The van der Waals surface area contributed by atoms with Crippen LogP contribution in [0.3, 0.4) is 0 Å². The van der Waals surface area contributed by atoms with Gasteiger partial charge in [0.1, 0.15) is 24.5 Å². The molecular weight excluding hydrogens is 268 g/mol. The summed E-state index contributed by atoms with van der Waals surface area (Å²) in [6.07, 6.45) is -0.641. The van der Waals surface area contributed by atoms with E-state index in [1.807, 2.05) is 13.0 Å². The molecule has 0 radical (unpaired) electrons. The number of aliphatic hydroxyl groups is 1. The van der Waals surface area contributed by atoms with Crippen LogP contribution < -0.4 is 10.1 Å². The fourth-order valence-corrected chi connectivity index (χ4v) is 1.59. The van der Waals surface area contributed by atoms with Gasteiger partial charge in [-0.2, -0.15) is 5.26 Å². The minimum Gasteiger partial charge on any atom is -0.489 e. The van der Waals surface area contributed by atoms with Gasteiger partial charge in [0.15, 0.2) is 0 Å². The molecule has 0 spiro atoms. The lowest BCUT2D eigenvalue weighted by molar-refractivity contribution is 0.101. The van der Waals surface area contributed by atoms with Crippen molar-refractivity contribution >= 4 is 0 Å². The van der Waals surface area contributed by atoms with E-state index in [4.69, 9.17) is 14.7 Å². The standard InChI is InChI=1S/C16H22N2O3/c1-13(2)11-20-8-7-18-10-15(19)12-21-16-6-4-3-5-14(16)9-17/h3-6,15,18-19H,1,7-8,10-12H2,2H3. The minimum absolute atomic E-state index is 0.137. The van der Waals surface area contributed by atoms with Crippen molar-refractivity contribution in [1.82, 2.24) is 5.32 Å². The van der Waals surface area contributed by atoms with Crippen LogP contribution in [0.5, 0.6) is 5.75 Å². The van der Waals surface area contributed by atoms with Crippen LogP contribution in [0.2, 0.25) is 0 Å². The Hall–Kier alpha value is -1.87. The molecular formula is C16H22N2O3. The van der Waals surface area contributed by atoms with E-state index < -0.39 is 6.10 Å². The van der Waals surface area contributed by atoms with Gasteiger partial charge in [-0.15, -0.1) is 0 Å². The summed E-state index contributed by atoms with van der Waals surface area (Å²) in [6.45, 7) is 7.97. The van der Waals surface area contributed by atoms with Crippen molar-refractivity contribution in [3.63, 3.8) is 0 Å². The molecule has 0 aliphatic rings. The predicted octanol–water partition coefficient (Wildman–Crippen LogP) is 1.48. The predicted molar refractivity (Wildman–Crippen MR) is 81.2 cm³/mol. The zero-order valence-corrected chi connectivity index (χ0v) is 12.3. The van der Waals surface area contributed by atoms with Crippen molar-refractivity contribution in [1.29, 1.82) is 5.26 Å². The summed E-state index contributed by atoms with van der Waals surface area (Å²) in [5, 5.41) is 21.8. The number of nitrogens with zero attached hydrogens (tertiary/aromatic N) is 1. The Morgan fingerprint density at radius 2 is 2.24 bits per heavy atom. The van der Waals surface area contributed by atoms with E-state index in [9.17, 15) is 5.11 Å². The van der Waals surface area contributed by atoms with E-state index in [2.05, 4.69) is 11.9 Å². The number of nitriles is 1. The molecule has 0 aliphatic heterocycles. The van der Waals surface area contributed by atoms with Gasteiger partial charge in [-0.25, -0.2) is 0 Å². The molecule has 0 saturated heterocycles. The summed E-state index contributed by atoms with van der Waals surface area (Å²) < 4.78 is 10.8. The van der Waals surface area contributed by atoms with Gasteiger partial charge in [-0.3, -0.25) is 0 Å². The zero-order valence-electron chi connectivity index (χ0n) is 12.3. The van der Waals surface area contributed by atoms with E-state index in [1.165, 1.54) is 0 Å². The van der Waals surface area contributed by atoms with Gasteiger partial charge in [0, 0.05) is 13.1 Å². The summed E-state index contributed by atoms with van der Waals surface area (Å²) >= 11 is 0. The quantitative estimate of drug-likeness (QED) is 0.504. The lowest BCUT2D eigenvalue weighted by Crippen LogP contribution is -2.33. The van der Waals surface area contributed by atoms with E-state index in [-0.39, 0.29) is 6.61 Å². The van der Waals surface area contributed by atoms with Crippen LogP contribution in [0.1, 0.15) is 12.5 Å². The highest BCUT2D eigenvalue weighted by Crippen LogP contribution is 2.16. The van der Waals surface area contributed by atoms with Crippen LogP contribution in [0.15, 0.2) is 36.4 Å². The molecule has 1 rings (SSSR count). The summed E-state index contributed by atoms with van der Waals surface area (Å²) in [5.74, 6) is 0.490. The van der Waals surface area contributed by atoms with Crippen LogP contribution in [0, 0.1) is 11.3 Å². The van der Waals surface area contributed by atoms with Crippen molar-refractivity contribution in [3.8, 4) is 11.8 Å². The van der Waals surface area contributed by atoms with Gasteiger partial charge in [-0.1, -0.05) is 24.3 Å². The maximum atomic E-state index is 9.79. The first-order valence-corrected chi connectivity index (χ1v) is 6.86. The molecule has 21 heavy (non-hydrogen) atoms. The van der Waals surface area contributed by atoms with Crippen LogP contribution in [0.25, 0.3) is 0 Å². The molecule has 5 heteroatoms. The summed E-state index contributed by atoms with van der Waals surface area (Å²) in [4.78, 5) is 0. The van der Waals surface area contributed by atoms with E-state index in [1.54, 1.807) is 24.3 Å². The average Bonchev–Trinajstić information content (AvgIpc) is 2.48. The molecule has 1 unspecified atom stereocenters. The topological polar surface area (TPSA) is 74.5 Å². The molecule has 1 atom stereocenters. The second-order valence-corrected chi connectivity index (χ2v) is 4.79. The molecule has 5 nitrogen and oxygen atoms in total. The molecule has 0 aromatic heterocycles. The molecule has 114 valence electrons. The van der Waals surface area contributed by atoms with Gasteiger partial charge in [0.05, 0.1) is 18.8 Å². The third-order valence-corrected chi connectivity index (χ3v) is 2.59. The van der Waals surface area contributed by atoms with Crippen LogP contribution >= 0.6 is 0 Å². The number of para-hydroxylation sites is 1. The maximum Gasteiger partial charge on any atom is 0.137 e. The van der Waals surface area contributed by atoms with Gasteiger partial charge < -0.3 is 19.9 Å². The molecule has 0 heterocycles. The maximum absolute atomic E-state index is 9.79. The van der Waals surface area contributed by atoms with Crippen molar-refractivity contribution < 1.29 is 14.6 Å². The first-order valence-electron chi connectivity index (χ1n) is 6.86. The Bertz CT molecular complexity index is 483. The number of rotatable bonds is 10. The second kappa shape index (κ2) is 9.94. The largest absolute Gasteiger partial charge is 0.489 e. The van der Waals surface area contributed by atoms with Crippen LogP contribution in [-0.4, -0.2) is 44.1 Å². The van der Waals surface area contributed by atoms with Gasteiger partial charge in [0.25, 0.3) is 0 Å².